The summed E-state index contributed by atoms with van der Waals surface area (Å²) in [5, 5.41) is 0. The SMILES string of the molecule is COCCOc1ccccc1.c1ccc(OCCN2CCOCC2)cc1. The fourth-order valence-corrected chi connectivity index (χ4v) is 2.39. The van der Waals surface area contributed by atoms with Gasteiger partial charge >= 0.3 is 0 Å². The molecule has 0 aromatic heterocycles. The minimum Gasteiger partial charge on any atom is -0.492 e. The van der Waals surface area contributed by atoms with Crippen LogP contribution in [0.4, 0.5) is 0 Å². The quantitative estimate of drug-likeness (QED) is 0.678. The van der Waals surface area contributed by atoms with Gasteiger partial charge in [-0.1, -0.05) is 36.4 Å². The predicted octanol–water partition coefficient (Wildman–Crippen LogP) is 3.11. The van der Waals surface area contributed by atoms with Crippen LogP contribution in [0.1, 0.15) is 0 Å². The van der Waals surface area contributed by atoms with E-state index >= 15 is 0 Å². The Morgan fingerprint density at radius 1 is 0.769 bits per heavy atom. The average molecular weight is 359 g/mol. The second-order valence-corrected chi connectivity index (χ2v) is 5.77. The highest BCUT2D eigenvalue weighted by Crippen LogP contribution is 2.08. The number of nitrogens with zero attached hydrogens (tertiary/aromatic N) is 1. The molecular weight excluding hydrogens is 330 g/mol. The summed E-state index contributed by atoms with van der Waals surface area (Å²) in [6.45, 7) is 6.74. The molecule has 0 N–H and O–H groups in total. The molecule has 0 unspecified atom stereocenters. The van der Waals surface area contributed by atoms with Gasteiger partial charge in [0.15, 0.2) is 0 Å². The van der Waals surface area contributed by atoms with Crippen LogP contribution in [0.15, 0.2) is 60.7 Å². The topological polar surface area (TPSA) is 40.2 Å². The first-order valence-electron chi connectivity index (χ1n) is 9.03. The molecule has 1 aliphatic rings. The standard InChI is InChI=1S/C12H17NO2.C9H12O2/c1-2-4-12(5-3-1)15-11-8-13-6-9-14-10-7-13;1-10-7-8-11-9-5-3-2-4-6-9/h1-5H,6-11H2;2-6H,7-8H2,1H3. The largest absolute Gasteiger partial charge is 0.492 e. The molecule has 5 nitrogen and oxygen atoms in total. The lowest BCUT2D eigenvalue weighted by atomic mass is 10.3. The lowest BCUT2D eigenvalue weighted by Crippen LogP contribution is -2.38. The number of hydrogen-bond donors (Lipinski definition) is 0. The molecule has 0 spiro atoms. The van der Waals surface area contributed by atoms with Gasteiger partial charge in [0.2, 0.25) is 0 Å². The van der Waals surface area contributed by atoms with Crippen LogP contribution in [0.25, 0.3) is 0 Å². The first kappa shape index (κ1) is 20.2. The van der Waals surface area contributed by atoms with Gasteiger partial charge in [0.25, 0.3) is 0 Å². The van der Waals surface area contributed by atoms with Crippen LogP contribution < -0.4 is 9.47 Å². The van der Waals surface area contributed by atoms with Crippen molar-refractivity contribution in [1.82, 2.24) is 4.90 Å². The van der Waals surface area contributed by atoms with Crippen molar-refractivity contribution >= 4 is 0 Å². The summed E-state index contributed by atoms with van der Waals surface area (Å²) >= 11 is 0. The number of rotatable bonds is 8. The van der Waals surface area contributed by atoms with E-state index in [-0.39, 0.29) is 0 Å². The molecular formula is C21H29NO4. The Labute approximate surface area is 156 Å². The summed E-state index contributed by atoms with van der Waals surface area (Å²) in [6, 6.07) is 19.7. The van der Waals surface area contributed by atoms with Crippen LogP contribution >= 0.6 is 0 Å². The van der Waals surface area contributed by atoms with E-state index in [0.717, 1.165) is 51.0 Å². The molecule has 3 rings (SSSR count). The Kier molecular flexibility index (Phi) is 10.2. The number of benzene rings is 2. The second kappa shape index (κ2) is 13.2. The third-order valence-corrected chi connectivity index (χ3v) is 3.82. The van der Waals surface area contributed by atoms with Crippen molar-refractivity contribution in [1.29, 1.82) is 0 Å². The van der Waals surface area contributed by atoms with E-state index in [4.69, 9.17) is 18.9 Å². The fourth-order valence-electron chi connectivity index (χ4n) is 2.39. The van der Waals surface area contributed by atoms with Gasteiger partial charge in [-0.3, -0.25) is 4.90 Å². The number of hydrogen-bond acceptors (Lipinski definition) is 5. The van der Waals surface area contributed by atoms with Crippen molar-refractivity contribution in [3.8, 4) is 11.5 Å². The molecule has 0 radical (unpaired) electrons. The summed E-state index contributed by atoms with van der Waals surface area (Å²) in [4.78, 5) is 2.37. The number of ether oxygens (including phenoxy) is 4. The molecule has 5 heteroatoms. The molecule has 26 heavy (non-hydrogen) atoms. The fraction of sp³-hybridized carbons (Fsp3) is 0.429. The molecule has 142 valence electrons. The summed E-state index contributed by atoms with van der Waals surface area (Å²) in [6.07, 6.45) is 0. The minimum atomic E-state index is 0.612. The van der Waals surface area contributed by atoms with Crippen LogP contribution in [-0.4, -0.2) is 64.7 Å². The molecule has 1 fully saturated rings. The van der Waals surface area contributed by atoms with Crippen molar-refractivity contribution in [2.24, 2.45) is 0 Å². The zero-order valence-corrected chi connectivity index (χ0v) is 15.5. The van der Waals surface area contributed by atoms with Crippen LogP contribution in [0.3, 0.4) is 0 Å². The van der Waals surface area contributed by atoms with Crippen molar-refractivity contribution in [2.75, 3.05) is 59.8 Å². The van der Waals surface area contributed by atoms with Gasteiger partial charge in [0, 0.05) is 26.7 Å². The Balaban J connectivity index is 0.000000197. The molecule has 0 aliphatic carbocycles. The zero-order valence-electron chi connectivity index (χ0n) is 15.5. The third kappa shape index (κ3) is 8.85. The highest BCUT2D eigenvalue weighted by atomic mass is 16.5. The van der Waals surface area contributed by atoms with Crippen molar-refractivity contribution < 1.29 is 18.9 Å². The smallest absolute Gasteiger partial charge is 0.119 e. The molecule has 2 aromatic carbocycles. The van der Waals surface area contributed by atoms with Crippen LogP contribution in [-0.2, 0) is 9.47 Å². The summed E-state index contributed by atoms with van der Waals surface area (Å²) in [5.74, 6) is 1.84. The van der Waals surface area contributed by atoms with Crippen LogP contribution in [0, 0.1) is 0 Å². The molecule has 0 bridgehead atoms. The van der Waals surface area contributed by atoms with E-state index in [0.29, 0.717) is 13.2 Å². The van der Waals surface area contributed by atoms with Gasteiger partial charge in [-0.15, -0.1) is 0 Å². The first-order valence-corrected chi connectivity index (χ1v) is 9.03. The average Bonchev–Trinajstić information content (AvgIpc) is 2.71. The monoisotopic (exact) mass is 359 g/mol. The number of para-hydroxylation sites is 2. The van der Waals surface area contributed by atoms with Gasteiger partial charge in [0.1, 0.15) is 24.7 Å². The maximum Gasteiger partial charge on any atom is 0.119 e. The lowest BCUT2D eigenvalue weighted by molar-refractivity contribution is 0.0322. The van der Waals surface area contributed by atoms with Crippen LogP contribution in [0.5, 0.6) is 11.5 Å². The Bertz CT molecular complexity index is 559. The number of morpholine rings is 1. The van der Waals surface area contributed by atoms with Crippen molar-refractivity contribution in [2.45, 2.75) is 0 Å². The lowest BCUT2D eigenvalue weighted by Gasteiger charge is -2.26. The third-order valence-electron chi connectivity index (χ3n) is 3.82. The van der Waals surface area contributed by atoms with Gasteiger partial charge in [-0.2, -0.15) is 0 Å². The zero-order chi connectivity index (χ0) is 18.3. The molecule has 2 aromatic rings. The van der Waals surface area contributed by atoms with E-state index in [1.54, 1.807) is 7.11 Å². The van der Waals surface area contributed by atoms with E-state index < -0.39 is 0 Å². The maximum atomic E-state index is 5.63. The molecule has 0 atom stereocenters. The maximum absolute atomic E-state index is 5.63. The number of methoxy groups -OCH3 is 1. The van der Waals surface area contributed by atoms with E-state index in [2.05, 4.69) is 4.90 Å². The summed E-state index contributed by atoms with van der Waals surface area (Å²) in [5.41, 5.74) is 0. The van der Waals surface area contributed by atoms with E-state index in [9.17, 15) is 0 Å². The van der Waals surface area contributed by atoms with Gasteiger partial charge in [-0.25, -0.2) is 0 Å². The minimum absolute atomic E-state index is 0.612. The Morgan fingerprint density at radius 2 is 1.31 bits per heavy atom. The Hall–Kier alpha value is -2.08. The highest BCUT2D eigenvalue weighted by molar-refractivity contribution is 5.21. The first-order chi connectivity index (χ1) is 12.9. The molecule has 0 amide bonds. The summed E-state index contributed by atoms with van der Waals surface area (Å²) in [7, 11) is 1.66. The Morgan fingerprint density at radius 3 is 1.85 bits per heavy atom. The van der Waals surface area contributed by atoms with Gasteiger partial charge in [-0.05, 0) is 24.3 Å². The molecule has 1 aliphatic heterocycles. The highest BCUT2D eigenvalue weighted by Gasteiger charge is 2.09. The van der Waals surface area contributed by atoms with Crippen molar-refractivity contribution in [3.63, 3.8) is 0 Å². The van der Waals surface area contributed by atoms with Crippen molar-refractivity contribution in [3.05, 3.63) is 60.7 Å². The molecule has 0 saturated carbocycles. The molecule has 1 saturated heterocycles. The van der Waals surface area contributed by atoms with E-state index in [1.807, 2.05) is 60.7 Å². The van der Waals surface area contributed by atoms with Crippen LogP contribution in [0.2, 0.25) is 0 Å². The summed E-state index contributed by atoms with van der Waals surface area (Å²) < 4.78 is 21.1. The van der Waals surface area contributed by atoms with Gasteiger partial charge < -0.3 is 18.9 Å². The molecule has 1 heterocycles. The van der Waals surface area contributed by atoms with E-state index in [1.165, 1.54) is 0 Å². The second-order valence-electron chi connectivity index (χ2n) is 5.77. The normalized spacial score (nSPS) is 14.2. The predicted molar refractivity (Wildman–Crippen MR) is 103 cm³/mol. The van der Waals surface area contributed by atoms with Gasteiger partial charge in [0.05, 0.1) is 19.8 Å².